The number of hydrogen-bond acceptors (Lipinski definition) is 1. The summed E-state index contributed by atoms with van der Waals surface area (Å²) in [7, 11) is 0. The first-order valence-corrected chi connectivity index (χ1v) is 19.6. The summed E-state index contributed by atoms with van der Waals surface area (Å²) in [6, 6.07) is 0. The van der Waals surface area contributed by atoms with E-state index in [-0.39, 0.29) is 0 Å². The molecule has 0 saturated carbocycles. The van der Waals surface area contributed by atoms with Gasteiger partial charge in [0.25, 0.3) is 0 Å². The summed E-state index contributed by atoms with van der Waals surface area (Å²) in [5.74, 6) is 0. The molecule has 0 amide bonds. The van der Waals surface area contributed by atoms with Crippen LogP contribution in [0.2, 0.25) is 0 Å². The molecule has 27 heavy (non-hydrogen) atoms. The van der Waals surface area contributed by atoms with Crippen LogP contribution < -0.4 is 0 Å². The lowest BCUT2D eigenvalue weighted by atomic mass is 10.1. The highest BCUT2D eigenvalue weighted by molar-refractivity contribution is 9.42. The van der Waals surface area contributed by atoms with Gasteiger partial charge in [0, 0.05) is 36.1 Å². The number of rotatable bonds is 7. The Labute approximate surface area is 303 Å². The molecular formula is C8Br17OS+. The molecule has 0 rings (SSSR count). The van der Waals surface area contributed by atoms with Crippen molar-refractivity contribution in [1.29, 1.82) is 0 Å². The SMILES string of the molecule is O=[S+]C(Br)(Br)C(Br)(Br)C(Br)(Br)C(Br)(Br)C(Br)(Br)C(Br)(Br)C(Br)(Br)C(Br)(Br)Br. The van der Waals surface area contributed by atoms with Gasteiger partial charge in [0.15, 0.2) is 5.38 Å². The summed E-state index contributed by atoms with van der Waals surface area (Å²) in [5.41, 5.74) is 0. The van der Waals surface area contributed by atoms with Gasteiger partial charge in [0.05, 0.1) is 0 Å². The van der Waals surface area contributed by atoms with E-state index >= 15 is 0 Å². The second kappa shape index (κ2) is 11.5. The Balaban J connectivity index is 6.69. The standard InChI is InChI=1S/C8Br17OS/c9-1(10,3(13,14)5(17,18)7(21,22)23)2(11,12)4(15,16)6(19,20)8(24,25)27-26/q+1. The van der Waals surface area contributed by atoms with E-state index in [1.54, 1.807) is 0 Å². The largest absolute Gasteiger partial charge is 0.492 e. The highest BCUT2D eigenvalue weighted by Gasteiger charge is 2.79. The molecule has 1 nitrogen and oxygen atoms in total. The molecule has 0 aromatic rings. The molecule has 0 saturated heterocycles. The molecule has 0 aromatic heterocycles. The van der Waals surface area contributed by atoms with Crippen molar-refractivity contribution in [2.24, 2.45) is 0 Å². The highest BCUT2D eigenvalue weighted by atomic mass is 80.0. The van der Waals surface area contributed by atoms with E-state index in [9.17, 15) is 4.21 Å². The van der Waals surface area contributed by atoms with Gasteiger partial charge in [-0.1, -0.05) is 239 Å². The van der Waals surface area contributed by atoms with E-state index in [0.717, 1.165) is 0 Å². The molecule has 0 radical (unpaired) electrons. The van der Waals surface area contributed by atoms with Gasteiger partial charge in [-0.3, -0.25) is 0 Å². The minimum absolute atomic E-state index is 0.298. The predicted octanol–water partition coefficient (Wildman–Crippen LogP) is 12.6. The van der Waals surface area contributed by atoms with E-state index < -0.39 is 24.1 Å². The number of hydrogen-bond donors (Lipinski definition) is 0. The van der Waals surface area contributed by atoms with Crippen molar-refractivity contribution >= 4 is 282 Å². The van der Waals surface area contributed by atoms with E-state index in [1.165, 1.54) is 0 Å². The summed E-state index contributed by atoms with van der Waals surface area (Å²) < 4.78 is 3.46. The first kappa shape index (κ1) is 35.2. The monoisotopic (exact) mass is 1490 g/mol. The lowest BCUT2D eigenvalue weighted by Gasteiger charge is -2.56. The molecule has 0 atom stereocenters. The van der Waals surface area contributed by atoms with Crippen molar-refractivity contribution in [2.45, 2.75) is 24.1 Å². The Morgan fingerprint density at radius 1 is 0.370 bits per heavy atom. The zero-order chi connectivity index (χ0) is 22.7. The molecule has 0 spiro atoms. The van der Waals surface area contributed by atoms with Crippen molar-refractivity contribution in [3.05, 3.63) is 0 Å². The van der Waals surface area contributed by atoms with Gasteiger partial charge in [0.2, 0.25) is 0 Å². The van der Waals surface area contributed by atoms with E-state index in [2.05, 4.69) is 271 Å². The maximum atomic E-state index is 11.7. The van der Waals surface area contributed by atoms with Gasteiger partial charge >= 0.3 is 14.2 Å². The van der Waals surface area contributed by atoms with Gasteiger partial charge in [0.1, 0.15) is 16.2 Å². The Morgan fingerprint density at radius 2 is 0.593 bits per heavy atom. The molecule has 19 heteroatoms. The smallest absolute Gasteiger partial charge is 0.0675 e. The van der Waals surface area contributed by atoms with Crippen LogP contribution in [0.5, 0.6) is 0 Å². The number of alkyl halides is 17. The maximum Gasteiger partial charge on any atom is 0.492 e. The summed E-state index contributed by atoms with van der Waals surface area (Å²) >= 11 is 62.1. The molecule has 0 aromatic carbocycles. The molecular weight excluding hydrogens is 1500 g/mol. The molecule has 0 fully saturated rings. The fourth-order valence-corrected chi connectivity index (χ4v) is 16.5. The second-order valence-electron chi connectivity index (χ2n) is 4.54. The maximum absolute atomic E-state index is 11.7. The average Bonchev–Trinajstić information content (AvgIpc) is 2.44. The van der Waals surface area contributed by atoms with Crippen LogP contribution in [0.25, 0.3) is 0 Å². The second-order valence-corrected chi connectivity index (χ2v) is 37.2. The third-order valence-corrected chi connectivity index (χ3v) is 37.8. The molecule has 162 valence electrons. The van der Waals surface area contributed by atoms with Crippen LogP contribution in [0.15, 0.2) is 0 Å². The normalized spacial score (nSPS) is 16.5. The molecule has 0 aliphatic heterocycles. The van der Waals surface area contributed by atoms with Crippen LogP contribution in [-0.4, -0.2) is 24.1 Å². The van der Waals surface area contributed by atoms with E-state index in [0.29, 0.717) is 11.7 Å². The fourth-order valence-electron chi connectivity index (χ4n) is 1.20. The van der Waals surface area contributed by atoms with Crippen LogP contribution in [0, 0.1) is 0 Å². The molecule has 0 unspecified atom stereocenters. The average molecular weight is 1500 g/mol. The van der Waals surface area contributed by atoms with Crippen molar-refractivity contribution in [2.75, 3.05) is 0 Å². The zero-order valence-corrected chi connectivity index (χ0v) is 39.0. The Morgan fingerprint density at radius 3 is 0.815 bits per heavy atom. The van der Waals surface area contributed by atoms with Crippen LogP contribution in [0.4, 0.5) is 0 Å². The summed E-state index contributed by atoms with van der Waals surface area (Å²) in [4.78, 5) is 0. The molecule has 0 bridgehead atoms. The van der Waals surface area contributed by atoms with Crippen molar-refractivity contribution < 1.29 is 4.21 Å². The molecule has 0 heterocycles. The van der Waals surface area contributed by atoms with E-state index in [1.807, 2.05) is 0 Å². The Bertz CT molecular complexity index is 574. The quantitative estimate of drug-likeness (QED) is 0.183. The van der Waals surface area contributed by atoms with Gasteiger partial charge in [-0.25, -0.2) is 0 Å². The van der Waals surface area contributed by atoms with Crippen molar-refractivity contribution in [3.63, 3.8) is 0 Å². The molecule has 0 N–H and O–H groups in total. The van der Waals surface area contributed by atoms with Gasteiger partial charge < -0.3 is 0 Å². The van der Waals surface area contributed by atoms with Crippen LogP contribution in [0.3, 0.4) is 0 Å². The van der Waals surface area contributed by atoms with Crippen molar-refractivity contribution in [3.8, 4) is 0 Å². The highest BCUT2D eigenvalue weighted by Crippen LogP contribution is 2.77. The minimum Gasteiger partial charge on any atom is -0.0675 e. The van der Waals surface area contributed by atoms with E-state index in [4.69, 9.17) is 0 Å². The summed E-state index contributed by atoms with van der Waals surface area (Å²) in [6.07, 6.45) is 0. The lowest BCUT2D eigenvalue weighted by molar-refractivity contribution is 0.586. The summed E-state index contributed by atoms with van der Waals surface area (Å²) in [6.45, 7) is 0. The number of halogens is 17. The van der Waals surface area contributed by atoms with Gasteiger partial charge in [-0.2, -0.15) is 0 Å². The van der Waals surface area contributed by atoms with Gasteiger partial charge in [-0.05, 0) is 0 Å². The Hall–Kier alpha value is 8.18. The van der Waals surface area contributed by atoms with Crippen LogP contribution >= 0.6 is 271 Å². The van der Waals surface area contributed by atoms with Crippen molar-refractivity contribution in [1.82, 2.24) is 0 Å². The minimum atomic E-state index is -1.17. The topological polar surface area (TPSA) is 17.1 Å². The Kier molecular flexibility index (Phi) is 15.0. The zero-order valence-electron chi connectivity index (χ0n) is 11.2. The molecule has 0 aliphatic rings. The fraction of sp³-hybridized carbons (Fsp3) is 1.00. The van der Waals surface area contributed by atoms with Crippen LogP contribution in [-0.2, 0) is 15.9 Å². The third kappa shape index (κ3) is 6.43. The molecule has 0 aliphatic carbocycles. The lowest BCUT2D eigenvalue weighted by Crippen LogP contribution is -2.67. The summed E-state index contributed by atoms with van der Waals surface area (Å²) in [5, 5.41) is 0. The van der Waals surface area contributed by atoms with Gasteiger partial charge in [-0.15, -0.1) is 0 Å². The van der Waals surface area contributed by atoms with Crippen LogP contribution in [0.1, 0.15) is 0 Å². The predicted molar refractivity (Wildman–Crippen MR) is 182 cm³/mol. The first-order chi connectivity index (χ1) is 11.3. The third-order valence-electron chi connectivity index (χ3n) is 2.80. The first-order valence-electron chi connectivity index (χ1n) is 5.33.